The second-order valence-corrected chi connectivity index (χ2v) is 3.10. The summed E-state index contributed by atoms with van der Waals surface area (Å²) >= 11 is 0. The number of rotatable bonds is 1. The molecule has 0 aliphatic heterocycles. The summed E-state index contributed by atoms with van der Waals surface area (Å²) in [5.41, 5.74) is 1.86. The number of pyridine rings is 1. The van der Waals surface area contributed by atoms with E-state index in [4.69, 9.17) is 4.52 Å². The molecule has 0 saturated carbocycles. The van der Waals surface area contributed by atoms with Gasteiger partial charge in [0.1, 0.15) is 0 Å². The van der Waals surface area contributed by atoms with Crippen molar-refractivity contribution < 1.29 is 4.52 Å². The molecule has 2 aromatic heterocycles. The Morgan fingerprint density at radius 2 is 2.25 bits per heavy atom. The van der Waals surface area contributed by atoms with Crippen LogP contribution in [0.3, 0.4) is 0 Å². The topological polar surface area (TPSA) is 38.9 Å². The van der Waals surface area contributed by atoms with Gasteiger partial charge in [0.25, 0.3) is 5.71 Å². The first kappa shape index (κ1) is 7.28. The number of nitrogens with zero attached hydrogens (tertiary/aromatic N) is 2. The van der Waals surface area contributed by atoms with E-state index in [9.17, 15) is 0 Å². The Bertz CT molecular complexity index is 392. The summed E-state index contributed by atoms with van der Waals surface area (Å²) in [6, 6.07) is 2.00. The van der Waals surface area contributed by atoms with E-state index in [0.717, 1.165) is 5.39 Å². The van der Waals surface area contributed by atoms with Gasteiger partial charge < -0.3 is 4.52 Å². The van der Waals surface area contributed by atoms with Crippen LogP contribution in [0, 0.1) is 0 Å². The highest BCUT2D eigenvalue weighted by atomic mass is 16.5. The monoisotopic (exact) mass is 162 g/mol. The van der Waals surface area contributed by atoms with Crippen molar-refractivity contribution in [3.05, 3.63) is 24.0 Å². The van der Waals surface area contributed by atoms with Gasteiger partial charge in [-0.05, 0) is 17.5 Å². The Kier molecular flexibility index (Phi) is 1.57. The molecule has 2 heterocycles. The lowest BCUT2D eigenvalue weighted by atomic mass is 10.0. The van der Waals surface area contributed by atoms with E-state index in [1.54, 1.807) is 12.4 Å². The number of aromatic nitrogens is 2. The van der Waals surface area contributed by atoms with E-state index in [1.807, 2.05) is 6.07 Å². The maximum atomic E-state index is 4.95. The minimum atomic E-state index is 0.481. The third-order valence-electron chi connectivity index (χ3n) is 1.93. The van der Waals surface area contributed by atoms with Crippen molar-refractivity contribution in [3.8, 4) is 0 Å². The number of fused-ring (bicyclic) bond motifs is 1. The SMILES string of the molecule is CC(C)c1ccnc2oncc12. The minimum absolute atomic E-state index is 0.481. The van der Waals surface area contributed by atoms with Crippen LogP contribution in [0.2, 0.25) is 0 Å². The van der Waals surface area contributed by atoms with Gasteiger partial charge in [-0.25, -0.2) is 4.98 Å². The highest BCUT2D eigenvalue weighted by Gasteiger charge is 2.07. The van der Waals surface area contributed by atoms with E-state index in [-0.39, 0.29) is 0 Å². The molecular weight excluding hydrogens is 152 g/mol. The van der Waals surface area contributed by atoms with Crippen molar-refractivity contribution in [1.29, 1.82) is 0 Å². The third kappa shape index (κ3) is 0.978. The second kappa shape index (κ2) is 2.59. The first-order chi connectivity index (χ1) is 5.79. The van der Waals surface area contributed by atoms with E-state index in [2.05, 4.69) is 24.0 Å². The molecule has 0 aliphatic rings. The van der Waals surface area contributed by atoms with E-state index in [1.165, 1.54) is 5.56 Å². The Hall–Kier alpha value is -1.38. The molecule has 12 heavy (non-hydrogen) atoms. The van der Waals surface area contributed by atoms with Crippen molar-refractivity contribution >= 4 is 11.1 Å². The van der Waals surface area contributed by atoms with Crippen LogP contribution in [0.5, 0.6) is 0 Å². The van der Waals surface area contributed by atoms with Crippen molar-refractivity contribution in [3.63, 3.8) is 0 Å². The van der Waals surface area contributed by atoms with Crippen molar-refractivity contribution in [2.24, 2.45) is 0 Å². The molecule has 0 spiro atoms. The van der Waals surface area contributed by atoms with Crippen LogP contribution < -0.4 is 0 Å². The van der Waals surface area contributed by atoms with Gasteiger partial charge in [-0.15, -0.1) is 0 Å². The predicted octanol–water partition coefficient (Wildman–Crippen LogP) is 2.35. The molecule has 0 fully saturated rings. The molecule has 62 valence electrons. The molecular formula is C9H10N2O. The van der Waals surface area contributed by atoms with Crippen molar-refractivity contribution in [2.45, 2.75) is 19.8 Å². The molecule has 3 heteroatoms. The van der Waals surface area contributed by atoms with Crippen LogP contribution in [-0.2, 0) is 0 Å². The van der Waals surface area contributed by atoms with Crippen LogP contribution in [0.15, 0.2) is 23.0 Å². The molecule has 0 saturated heterocycles. The summed E-state index contributed by atoms with van der Waals surface area (Å²) in [4.78, 5) is 4.06. The second-order valence-electron chi connectivity index (χ2n) is 3.10. The minimum Gasteiger partial charge on any atom is -0.336 e. The van der Waals surface area contributed by atoms with Gasteiger partial charge in [-0.1, -0.05) is 19.0 Å². The van der Waals surface area contributed by atoms with Crippen molar-refractivity contribution in [2.75, 3.05) is 0 Å². The average Bonchev–Trinajstić information content (AvgIpc) is 2.49. The summed E-state index contributed by atoms with van der Waals surface area (Å²) in [7, 11) is 0. The van der Waals surface area contributed by atoms with Crippen LogP contribution >= 0.6 is 0 Å². The standard InChI is InChI=1S/C9H10N2O/c1-6(2)7-3-4-10-9-8(7)5-11-12-9/h3-6H,1-2H3. The summed E-state index contributed by atoms with van der Waals surface area (Å²) < 4.78 is 4.95. The maximum absolute atomic E-state index is 4.95. The third-order valence-corrected chi connectivity index (χ3v) is 1.93. The highest BCUT2D eigenvalue weighted by molar-refractivity contribution is 5.76. The molecule has 0 bridgehead atoms. The summed E-state index contributed by atoms with van der Waals surface area (Å²) in [5.74, 6) is 0.481. The van der Waals surface area contributed by atoms with Gasteiger partial charge in [0.05, 0.1) is 11.6 Å². The lowest BCUT2D eigenvalue weighted by Crippen LogP contribution is -1.88. The lowest BCUT2D eigenvalue weighted by Gasteiger charge is -2.03. The van der Waals surface area contributed by atoms with E-state index in [0.29, 0.717) is 11.6 Å². The van der Waals surface area contributed by atoms with E-state index >= 15 is 0 Å². The zero-order chi connectivity index (χ0) is 8.55. The summed E-state index contributed by atoms with van der Waals surface area (Å²) in [6.45, 7) is 4.28. The smallest absolute Gasteiger partial charge is 0.257 e. The quantitative estimate of drug-likeness (QED) is 0.646. The largest absolute Gasteiger partial charge is 0.336 e. The van der Waals surface area contributed by atoms with Gasteiger partial charge in [0, 0.05) is 6.20 Å². The molecule has 0 N–H and O–H groups in total. The van der Waals surface area contributed by atoms with Gasteiger partial charge in [0.2, 0.25) is 0 Å². The molecule has 2 aromatic rings. The lowest BCUT2D eigenvalue weighted by molar-refractivity contribution is 0.448. The fraction of sp³-hybridized carbons (Fsp3) is 0.333. The molecule has 2 rings (SSSR count). The molecule has 0 atom stereocenters. The zero-order valence-electron chi connectivity index (χ0n) is 7.11. The zero-order valence-corrected chi connectivity index (χ0v) is 7.11. The summed E-state index contributed by atoms with van der Waals surface area (Å²) in [6.07, 6.45) is 3.47. The van der Waals surface area contributed by atoms with Crippen molar-refractivity contribution in [1.82, 2.24) is 10.1 Å². The van der Waals surface area contributed by atoms with Gasteiger partial charge >= 0.3 is 0 Å². The molecule has 0 radical (unpaired) electrons. The Labute approximate surface area is 70.4 Å². The average molecular weight is 162 g/mol. The van der Waals surface area contributed by atoms with E-state index < -0.39 is 0 Å². The Balaban J connectivity index is 2.73. The molecule has 0 aromatic carbocycles. The van der Waals surface area contributed by atoms with Crippen LogP contribution in [0.25, 0.3) is 11.1 Å². The highest BCUT2D eigenvalue weighted by Crippen LogP contribution is 2.22. The summed E-state index contributed by atoms with van der Waals surface area (Å²) in [5, 5.41) is 4.73. The molecule has 0 amide bonds. The van der Waals surface area contributed by atoms with Gasteiger partial charge in [-0.3, -0.25) is 0 Å². The van der Waals surface area contributed by atoms with Crippen LogP contribution in [-0.4, -0.2) is 10.1 Å². The maximum Gasteiger partial charge on any atom is 0.257 e. The fourth-order valence-electron chi connectivity index (χ4n) is 1.30. The first-order valence-electron chi connectivity index (χ1n) is 3.98. The number of hydrogen-bond acceptors (Lipinski definition) is 3. The van der Waals surface area contributed by atoms with Crippen LogP contribution in [0.4, 0.5) is 0 Å². The Morgan fingerprint density at radius 1 is 1.42 bits per heavy atom. The first-order valence-corrected chi connectivity index (χ1v) is 3.98. The Morgan fingerprint density at radius 3 is 3.00 bits per heavy atom. The van der Waals surface area contributed by atoms with Gasteiger partial charge in [0.15, 0.2) is 0 Å². The van der Waals surface area contributed by atoms with Gasteiger partial charge in [-0.2, -0.15) is 0 Å². The van der Waals surface area contributed by atoms with Crippen LogP contribution in [0.1, 0.15) is 25.3 Å². The normalized spacial score (nSPS) is 11.2. The molecule has 0 unspecified atom stereocenters. The number of hydrogen-bond donors (Lipinski definition) is 0. The molecule has 3 nitrogen and oxygen atoms in total. The predicted molar refractivity (Wildman–Crippen MR) is 45.9 cm³/mol. The molecule has 0 aliphatic carbocycles. The fourth-order valence-corrected chi connectivity index (χ4v) is 1.30.